The second kappa shape index (κ2) is 5.19. The van der Waals surface area contributed by atoms with Gasteiger partial charge in [0, 0.05) is 7.05 Å². The van der Waals surface area contributed by atoms with Gasteiger partial charge in [-0.3, -0.25) is 4.68 Å². The highest BCUT2D eigenvalue weighted by atomic mass is 35.5. The van der Waals surface area contributed by atoms with Crippen molar-refractivity contribution >= 4 is 22.6 Å². The molecule has 3 aromatic rings. The molecule has 1 aromatic carbocycles. The predicted molar refractivity (Wildman–Crippen MR) is 85.9 cm³/mol. The van der Waals surface area contributed by atoms with Crippen molar-refractivity contribution in [2.24, 2.45) is 7.05 Å². The summed E-state index contributed by atoms with van der Waals surface area (Å²) in [7, 11) is 1.94. The number of aryl methyl sites for hydroxylation is 4. The van der Waals surface area contributed by atoms with Crippen LogP contribution >= 0.6 is 11.6 Å². The molecule has 2 heterocycles. The second-order valence-electron chi connectivity index (χ2n) is 5.48. The zero-order valence-electron chi connectivity index (χ0n) is 12.8. The number of nitrogens with zero attached hydrogens (tertiary/aromatic N) is 4. The van der Waals surface area contributed by atoms with E-state index < -0.39 is 0 Å². The van der Waals surface area contributed by atoms with E-state index in [0.717, 1.165) is 33.9 Å². The number of imidazole rings is 1. The molecule has 21 heavy (non-hydrogen) atoms. The van der Waals surface area contributed by atoms with Crippen LogP contribution < -0.4 is 0 Å². The van der Waals surface area contributed by atoms with Crippen LogP contribution in [0.25, 0.3) is 11.0 Å². The van der Waals surface area contributed by atoms with Crippen molar-refractivity contribution in [3.8, 4) is 0 Å². The number of hydrogen-bond acceptors (Lipinski definition) is 2. The number of benzene rings is 1. The molecule has 0 saturated heterocycles. The summed E-state index contributed by atoms with van der Waals surface area (Å²) in [6.07, 6.45) is 2.72. The maximum atomic E-state index is 6.44. The molecule has 0 N–H and O–H groups in total. The molecule has 0 aliphatic heterocycles. The molecule has 0 atom stereocenters. The summed E-state index contributed by atoms with van der Waals surface area (Å²) in [5, 5.41) is 5.24. The average Bonchev–Trinajstić information content (AvgIpc) is 2.95. The summed E-state index contributed by atoms with van der Waals surface area (Å²) in [5.41, 5.74) is 6.66. The molecule has 0 aliphatic carbocycles. The second-order valence-corrected chi connectivity index (χ2v) is 5.86. The van der Waals surface area contributed by atoms with Crippen LogP contribution in [0.4, 0.5) is 0 Å². The van der Waals surface area contributed by atoms with Crippen LogP contribution in [-0.4, -0.2) is 19.3 Å². The number of halogens is 1. The van der Waals surface area contributed by atoms with Gasteiger partial charge in [0.05, 0.1) is 40.3 Å². The Balaban J connectivity index is 2.06. The molecule has 0 fully saturated rings. The lowest BCUT2D eigenvalue weighted by Gasteiger charge is -2.07. The molecule has 0 saturated carbocycles. The van der Waals surface area contributed by atoms with Crippen molar-refractivity contribution in [3.63, 3.8) is 0 Å². The summed E-state index contributed by atoms with van der Waals surface area (Å²) in [6.45, 7) is 6.98. The maximum Gasteiger partial charge on any atom is 0.0962 e. The fourth-order valence-electron chi connectivity index (χ4n) is 2.59. The van der Waals surface area contributed by atoms with Gasteiger partial charge in [-0.1, -0.05) is 18.5 Å². The molecule has 2 aromatic heterocycles. The van der Waals surface area contributed by atoms with Gasteiger partial charge in [-0.2, -0.15) is 5.10 Å². The summed E-state index contributed by atoms with van der Waals surface area (Å²) < 4.78 is 4.00. The van der Waals surface area contributed by atoms with Gasteiger partial charge < -0.3 is 4.57 Å². The Hall–Kier alpha value is -1.81. The third-order valence-corrected chi connectivity index (χ3v) is 4.50. The molecule has 0 bridgehead atoms. The van der Waals surface area contributed by atoms with E-state index in [1.807, 2.05) is 18.1 Å². The first-order valence-electron chi connectivity index (χ1n) is 7.13. The van der Waals surface area contributed by atoms with Crippen LogP contribution in [-0.2, 0) is 20.0 Å². The van der Waals surface area contributed by atoms with Gasteiger partial charge in [-0.25, -0.2) is 4.98 Å². The van der Waals surface area contributed by atoms with Crippen molar-refractivity contribution in [1.82, 2.24) is 19.3 Å². The van der Waals surface area contributed by atoms with Crippen molar-refractivity contribution < 1.29 is 0 Å². The van der Waals surface area contributed by atoms with Gasteiger partial charge in [0.2, 0.25) is 0 Å². The van der Waals surface area contributed by atoms with Crippen molar-refractivity contribution in [2.45, 2.75) is 33.7 Å². The largest absolute Gasteiger partial charge is 0.324 e. The fraction of sp³-hybridized carbons (Fsp3) is 0.375. The first kappa shape index (κ1) is 14.1. The zero-order chi connectivity index (χ0) is 15.1. The van der Waals surface area contributed by atoms with E-state index in [9.17, 15) is 0 Å². The molecule has 3 rings (SSSR count). The van der Waals surface area contributed by atoms with Gasteiger partial charge in [-0.05, 0) is 43.5 Å². The minimum absolute atomic E-state index is 0.682. The normalized spacial score (nSPS) is 11.5. The lowest BCUT2D eigenvalue weighted by atomic mass is 10.1. The molecule has 0 aliphatic rings. The summed E-state index contributed by atoms with van der Waals surface area (Å²) in [6, 6.07) is 4.31. The maximum absolute atomic E-state index is 6.44. The predicted octanol–water partition coefficient (Wildman–Crippen LogP) is 3.65. The van der Waals surface area contributed by atoms with Crippen LogP contribution in [0.2, 0.25) is 5.02 Å². The van der Waals surface area contributed by atoms with Crippen molar-refractivity contribution in [3.05, 3.63) is 46.0 Å². The summed E-state index contributed by atoms with van der Waals surface area (Å²) in [4.78, 5) is 4.49. The van der Waals surface area contributed by atoms with Crippen LogP contribution in [0, 0.1) is 13.8 Å². The number of hydrogen-bond donors (Lipinski definition) is 0. The Morgan fingerprint density at radius 2 is 1.90 bits per heavy atom. The van der Waals surface area contributed by atoms with Gasteiger partial charge in [0.1, 0.15) is 0 Å². The minimum Gasteiger partial charge on any atom is -0.324 e. The quantitative estimate of drug-likeness (QED) is 0.740. The molecule has 110 valence electrons. The van der Waals surface area contributed by atoms with Crippen LogP contribution in [0.15, 0.2) is 18.5 Å². The molecule has 0 amide bonds. The highest BCUT2D eigenvalue weighted by Crippen LogP contribution is 2.24. The molecular formula is C16H19ClN4. The Labute approximate surface area is 129 Å². The monoisotopic (exact) mass is 302 g/mol. The lowest BCUT2D eigenvalue weighted by Crippen LogP contribution is -2.05. The average molecular weight is 303 g/mol. The van der Waals surface area contributed by atoms with E-state index in [-0.39, 0.29) is 0 Å². The third kappa shape index (κ3) is 2.33. The number of aromatic nitrogens is 4. The van der Waals surface area contributed by atoms with E-state index in [0.29, 0.717) is 6.54 Å². The van der Waals surface area contributed by atoms with Gasteiger partial charge in [-0.15, -0.1) is 0 Å². The van der Waals surface area contributed by atoms with E-state index in [1.165, 1.54) is 11.1 Å². The SMILES string of the molecule is CCc1nn(C)c(Cn2cnc3cc(C)c(C)cc32)c1Cl. The van der Waals surface area contributed by atoms with E-state index in [1.54, 1.807) is 0 Å². The third-order valence-electron chi connectivity index (χ3n) is 4.06. The van der Waals surface area contributed by atoms with E-state index in [4.69, 9.17) is 11.6 Å². The summed E-state index contributed by atoms with van der Waals surface area (Å²) >= 11 is 6.44. The Bertz CT molecular complexity index is 813. The fourth-order valence-corrected chi connectivity index (χ4v) is 2.95. The highest BCUT2D eigenvalue weighted by molar-refractivity contribution is 6.31. The molecule has 5 heteroatoms. The standard InChI is InChI=1S/C16H19ClN4/c1-5-12-16(17)15(20(4)19-12)8-21-9-18-13-6-10(2)11(3)7-14(13)21/h6-7,9H,5,8H2,1-4H3. The molecule has 0 spiro atoms. The van der Waals surface area contributed by atoms with E-state index >= 15 is 0 Å². The van der Waals surface area contributed by atoms with Gasteiger partial charge in [0.15, 0.2) is 0 Å². The van der Waals surface area contributed by atoms with Crippen LogP contribution in [0.5, 0.6) is 0 Å². The van der Waals surface area contributed by atoms with Gasteiger partial charge in [0.25, 0.3) is 0 Å². The first-order chi connectivity index (χ1) is 10.0. The first-order valence-corrected chi connectivity index (χ1v) is 7.51. The Morgan fingerprint density at radius 3 is 2.57 bits per heavy atom. The van der Waals surface area contributed by atoms with E-state index in [2.05, 4.69) is 47.6 Å². The van der Waals surface area contributed by atoms with Crippen LogP contribution in [0.1, 0.15) is 29.4 Å². The molecule has 0 radical (unpaired) electrons. The molecule has 0 unspecified atom stereocenters. The highest BCUT2D eigenvalue weighted by Gasteiger charge is 2.14. The summed E-state index contributed by atoms with van der Waals surface area (Å²) in [5.74, 6) is 0. The van der Waals surface area contributed by atoms with Crippen molar-refractivity contribution in [2.75, 3.05) is 0 Å². The smallest absolute Gasteiger partial charge is 0.0962 e. The molecule has 4 nitrogen and oxygen atoms in total. The van der Waals surface area contributed by atoms with Crippen LogP contribution in [0.3, 0.4) is 0 Å². The van der Waals surface area contributed by atoms with Gasteiger partial charge >= 0.3 is 0 Å². The number of rotatable bonds is 3. The topological polar surface area (TPSA) is 35.6 Å². The minimum atomic E-state index is 0.682. The zero-order valence-corrected chi connectivity index (χ0v) is 13.6. The Kier molecular flexibility index (Phi) is 3.49. The molecular weight excluding hydrogens is 284 g/mol. The lowest BCUT2D eigenvalue weighted by molar-refractivity contribution is 0.667. The Morgan fingerprint density at radius 1 is 1.19 bits per heavy atom. The number of fused-ring (bicyclic) bond motifs is 1. The van der Waals surface area contributed by atoms with Crippen molar-refractivity contribution in [1.29, 1.82) is 0 Å².